The monoisotopic (exact) mass is 440 g/mol. The van der Waals surface area contributed by atoms with E-state index in [1.807, 2.05) is 40.7 Å². The summed E-state index contributed by atoms with van der Waals surface area (Å²) in [5.74, 6) is 0.438. The average Bonchev–Trinajstić information content (AvgIpc) is 2.79. The van der Waals surface area contributed by atoms with Crippen LogP contribution in [0.25, 0.3) is 11.3 Å². The van der Waals surface area contributed by atoms with Gasteiger partial charge >= 0.3 is 0 Å². The van der Waals surface area contributed by atoms with Crippen LogP contribution in [-0.4, -0.2) is 18.7 Å². The number of methoxy groups -OCH3 is 1. The second kappa shape index (κ2) is 7.69. The molecule has 2 aliphatic rings. The second-order valence-corrected chi connectivity index (χ2v) is 9.53. The molecule has 3 heteroatoms. The molecule has 0 unspecified atom stereocenters. The molecular weight excluding hydrogens is 408 g/mol. The number of allylic oxidation sites excluding steroid dienone is 5. The zero-order valence-electron chi connectivity index (χ0n) is 21.4. The number of ether oxygens (including phenoxy) is 1. The number of carbonyl (C=O) groups excluding carboxylic acids is 2. The standard InChI is InChI=1S/C30H32O3/c1-13-11-22(29(31)27-20(8)16(4)14(2)18(6)25(13)27)23-12-24(33-10)26-19(7)15(3)17(5)21(9)28(26)30(23)32/h11-12H,1-10H3/b23-22+. The van der Waals surface area contributed by atoms with Gasteiger partial charge in [0.05, 0.1) is 7.11 Å². The van der Waals surface area contributed by atoms with E-state index in [2.05, 4.69) is 27.7 Å². The summed E-state index contributed by atoms with van der Waals surface area (Å²) in [6.07, 6.45) is 3.65. The molecule has 0 bridgehead atoms. The van der Waals surface area contributed by atoms with E-state index in [9.17, 15) is 9.59 Å². The maximum absolute atomic E-state index is 13.9. The van der Waals surface area contributed by atoms with Gasteiger partial charge in [0.2, 0.25) is 0 Å². The van der Waals surface area contributed by atoms with Gasteiger partial charge in [-0.3, -0.25) is 9.59 Å². The molecule has 0 radical (unpaired) electrons. The molecule has 0 N–H and O–H groups in total. The van der Waals surface area contributed by atoms with E-state index in [1.54, 1.807) is 13.2 Å². The molecule has 0 saturated carbocycles. The highest BCUT2D eigenvalue weighted by Gasteiger charge is 2.35. The van der Waals surface area contributed by atoms with Gasteiger partial charge < -0.3 is 4.74 Å². The predicted octanol–water partition coefficient (Wildman–Crippen LogP) is 6.93. The van der Waals surface area contributed by atoms with Crippen LogP contribution in [0.2, 0.25) is 0 Å². The van der Waals surface area contributed by atoms with E-state index in [4.69, 9.17) is 4.74 Å². The molecule has 2 aliphatic carbocycles. The molecule has 33 heavy (non-hydrogen) atoms. The molecule has 0 spiro atoms. The minimum Gasteiger partial charge on any atom is -0.496 e. The molecule has 0 saturated heterocycles. The summed E-state index contributed by atoms with van der Waals surface area (Å²) in [7, 11) is 1.62. The summed E-state index contributed by atoms with van der Waals surface area (Å²) >= 11 is 0. The Labute approximate surface area is 196 Å². The van der Waals surface area contributed by atoms with Crippen LogP contribution < -0.4 is 0 Å². The average molecular weight is 441 g/mol. The largest absolute Gasteiger partial charge is 0.496 e. The Kier molecular flexibility index (Phi) is 5.35. The summed E-state index contributed by atoms with van der Waals surface area (Å²) in [5, 5.41) is 0. The Morgan fingerprint density at radius 1 is 0.485 bits per heavy atom. The van der Waals surface area contributed by atoms with Gasteiger partial charge in [0.1, 0.15) is 5.76 Å². The van der Waals surface area contributed by atoms with E-state index >= 15 is 0 Å². The molecule has 0 amide bonds. The summed E-state index contributed by atoms with van der Waals surface area (Å²) in [6, 6.07) is 0. The highest BCUT2D eigenvalue weighted by Crippen LogP contribution is 2.42. The fourth-order valence-electron chi connectivity index (χ4n) is 5.45. The molecule has 0 heterocycles. The van der Waals surface area contributed by atoms with E-state index in [1.165, 1.54) is 5.56 Å². The molecule has 2 aromatic rings. The Hall–Kier alpha value is -3.20. The van der Waals surface area contributed by atoms with Crippen molar-refractivity contribution in [1.82, 2.24) is 0 Å². The number of Topliss-reactive ketones (excluding diaryl/α,β-unsaturated/α-hetero) is 2. The molecule has 3 nitrogen and oxygen atoms in total. The highest BCUT2D eigenvalue weighted by atomic mass is 16.5. The Morgan fingerprint density at radius 2 is 0.848 bits per heavy atom. The van der Waals surface area contributed by atoms with Crippen LogP contribution >= 0.6 is 0 Å². The minimum atomic E-state index is -0.108. The lowest BCUT2D eigenvalue weighted by Crippen LogP contribution is -2.22. The van der Waals surface area contributed by atoms with Crippen molar-refractivity contribution in [2.24, 2.45) is 0 Å². The van der Waals surface area contributed by atoms with Gasteiger partial charge in [0, 0.05) is 27.8 Å². The Bertz CT molecular complexity index is 1390. The van der Waals surface area contributed by atoms with Crippen molar-refractivity contribution in [2.75, 3.05) is 7.11 Å². The molecule has 4 rings (SSSR count). The van der Waals surface area contributed by atoms with Crippen molar-refractivity contribution in [2.45, 2.75) is 62.3 Å². The van der Waals surface area contributed by atoms with Gasteiger partial charge in [-0.2, -0.15) is 0 Å². The van der Waals surface area contributed by atoms with Crippen LogP contribution in [0, 0.1) is 55.4 Å². The van der Waals surface area contributed by atoms with Crippen molar-refractivity contribution >= 4 is 22.9 Å². The SMILES string of the molecule is COC1=C/C(=C2/C=C(C)c3c(C)c(C)c(C)c(C)c3C2=O)C(=O)c2c(C)c(C)c(C)c(C)c21. The number of hydrogen-bond donors (Lipinski definition) is 0. The third-order valence-electron chi connectivity index (χ3n) is 8.11. The van der Waals surface area contributed by atoms with Crippen LogP contribution in [-0.2, 0) is 4.74 Å². The highest BCUT2D eigenvalue weighted by molar-refractivity contribution is 6.26. The van der Waals surface area contributed by atoms with Crippen molar-refractivity contribution < 1.29 is 14.3 Å². The number of benzene rings is 2. The van der Waals surface area contributed by atoms with E-state index in [-0.39, 0.29) is 11.6 Å². The number of fused-ring (bicyclic) bond motifs is 2. The topological polar surface area (TPSA) is 43.4 Å². The van der Waals surface area contributed by atoms with Crippen LogP contribution in [0.3, 0.4) is 0 Å². The molecular formula is C30H32O3. The fourth-order valence-corrected chi connectivity index (χ4v) is 5.45. The molecule has 170 valence electrons. The lowest BCUT2D eigenvalue weighted by Gasteiger charge is -2.28. The minimum absolute atomic E-state index is 0.0870. The van der Waals surface area contributed by atoms with Crippen molar-refractivity contribution in [3.8, 4) is 0 Å². The van der Waals surface area contributed by atoms with E-state index in [0.717, 1.165) is 61.2 Å². The van der Waals surface area contributed by atoms with Gasteiger partial charge in [-0.15, -0.1) is 0 Å². The first kappa shape index (κ1) is 23.0. The van der Waals surface area contributed by atoms with Gasteiger partial charge in [0.25, 0.3) is 0 Å². The normalized spacial score (nSPS) is 17.5. The zero-order chi connectivity index (χ0) is 24.5. The molecule has 2 aromatic carbocycles. The lowest BCUT2D eigenvalue weighted by molar-refractivity contribution is 0.100. The Morgan fingerprint density at radius 3 is 1.30 bits per heavy atom. The summed E-state index contributed by atoms with van der Waals surface area (Å²) in [4.78, 5) is 27.8. The van der Waals surface area contributed by atoms with Gasteiger partial charge in [-0.05, 0) is 130 Å². The maximum atomic E-state index is 13.9. The quantitative estimate of drug-likeness (QED) is 0.451. The fraction of sp³-hybridized carbons (Fsp3) is 0.333. The molecule has 0 atom stereocenters. The predicted molar refractivity (Wildman–Crippen MR) is 135 cm³/mol. The maximum Gasteiger partial charge on any atom is 0.194 e. The first-order chi connectivity index (χ1) is 15.4. The van der Waals surface area contributed by atoms with Gasteiger partial charge in [-0.1, -0.05) is 0 Å². The summed E-state index contributed by atoms with van der Waals surface area (Å²) in [6.45, 7) is 18.4. The molecule has 0 aliphatic heterocycles. The van der Waals surface area contributed by atoms with Crippen LogP contribution in [0.5, 0.6) is 0 Å². The smallest absolute Gasteiger partial charge is 0.194 e. The number of rotatable bonds is 1. The van der Waals surface area contributed by atoms with Crippen molar-refractivity contribution in [3.63, 3.8) is 0 Å². The van der Waals surface area contributed by atoms with E-state index in [0.29, 0.717) is 22.5 Å². The number of carbonyl (C=O) groups is 2. The molecule has 0 aromatic heterocycles. The first-order valence-electron chi connectivity index (χ1n) is 11.4. The summed E-state index contributed by atoms with van der Waals surface area (Å²) in [5.41, 5.74) is 13.8. The van der Waals surface area contributed by atoms with Gasteiger partial charge in [0.15, 0.2) is 11.6 Å². The van der Waals surface area contributed by atoms with Gasteiger partial charge in [-0.25, -0.2) is 0 Å². The second-order valence-electron chi connectivity index (χ2n) is 9.53. The Balaban J connectivity index is 2.08. The van der Waals surface area contributed by atoms with Crippen LogP contribution in [0.4, 0.5) is 0 Å². The van der Waals surface area contributed by atoms with E-state index < -0.39 is 0 Å². The number of ketones is 2. The van der Waals surface area contributed by atoms with Crippen molar-refractivity contribution in [3.05, 3.63) is 90.1 Å². The molecule has 0 fully saturated rings. The number of hydrogen-bond acceptors (Lipinski definition) is 3. The zero-order valence-corrected chi connectivity index (χ0v) is 21.4. The first-order valence-corrected chi connectivity index (χ1v) is 11.4. The lowest BCUT2D eigenvalue weighted by atomic mass is 9.75. The third kappa shape index (κ3) is 3.02. The van der Waals surface area contributed by atoms with Crippen LogP contribution in [0.1, 0.15) is 83.3 Å². The third-order valence-corrected chi connectivity index (χ3v) is 8.11. The van der Waals surface area contributed by atoms with Crippen LogP contribution in [0.15, 0.2) is 23.3 Å². The van der Waals surface area contributed by atoms with Crippen molar-refractivity contribution in [1.29, 1.82) is 0 Å². The summed E-state index contributed by atoms with van der Waals surface area (Å²) < 4.78 is 5.77.